The lowest BCUT2D eigenvalue weighted by Gasteiger charge is -2.24. The van der Waals surface area contributed by atoms with Gasteiger partial charge in [-0.15, -0.1) is 0 Å². The molecule has 280 valence electrons. The summed E-state index contributed by atoms with van der Waals surface area (Å²) in [5.74, 6) is 0.593. The molecular formula is C29H40ClN11O9S-2. The van der Waals surface area contributed by atoms with E-state index in [0.717, 1.165) is 24.9 Å². The fraction of sp³-hybridized carbons (Fsp3) is 0.414. The molecule has 0 saturated carbocycles. The number of ether oxygens (including phenoxy) is 1. The van der Waals surface area contributed by atoms with E-state index in [1.807, 2.05) is 11.0 Å². The summed E-state index contributed by atoms with van der Waals surface area (Å²) in [7, 11) is -3.61. The van der Waals surface area contributed by atoms with Crippen LogP contribution in [-0.4, -0.2) is 104 Å². The maximum atomic E-state index is 13.0. The van der Waals surface area contributed by atoms with Gasteiger partial charge in [-0.05, 0) is 49.4 Å². The summed E-state index contributed by atoms with van der Waals surface area (Å²) < 4.78 is 39.3. The van der Waals surface area contributed by atoms with Gasteiger partial charge in [0.2, 0.25) is 5.95 Å². The smallest absolute Gasteiger partial charge is 0.320 e. The van der Waals surface area contributed by atoms with Crippen LogP contribution in [0.15, 0.2) is 47.8 Å². The molecule has 0 radical (unpaired) electrons. The Morgan fingerprint density at radius 1 is 1.20 bits per heavy atom. The number of methoxy groups -OCH3 is 1. The standard InChI is InChI=1S/C23H26ClN7O3.C6H14N4O2.H2O4S/c1-34-19-6-5-15(10-18(19)24)11-27-21-17(22(33)28-13-20-25-7-3-8-26-20)12-29-23(30-21)31-9-2-4-16(31)14-32;7-4(5(11)12)2-1-3-10-6(8)9;1-5(2,3)4/h3,5-8,10,12,16,32H,2,4,9,11,13-14H2,1H3,(H,28,33)(H,27,29,30);4H,1-3,7H2,(H,11,12)(H4,8,9,10);(H2,1,2,3,4)/p-2/t;4-;/m.0./s1. The van der Waals surface area contributed by atoms with Crippen molar-refractivity contribution in [3.8, 4) is 5.75 Å². The molecule has 51 heavy (non-hydrogen) atoms. The summed E-state index contributed by atoms with van der Waals surface area (Å²) in [4.78, 5) is 46.1. The van der Waals surface area contributed by atoms with Gasteiger partial charge in [-0.3, -0.25) is 23.0 Å². The zero-order valence-corrected chi connectivity index (χ0v) is 29.1. The number of guanidine groups is 1. The zero-order chi connectivity index (χ0) is 38.0. The second-order valence-corrected chi connectivity index (χ2v) is 11.8. The lowest BCUT2D eigenvalue weighted by atomic mass is 10.2. The number of aliphatic hydroxyl groups excluding tert-OH is 1. The van der Waals surface area contributed by atoms with E-state index in [1.165, 1.54) is 6.20 Å². The van der Waals surface area contributed by atoms with Gasteiger partial charge in [0, 0.05) is 48.6 Å². The number of carbonyl (C=O) groups is 2. The molecule has 2 aromatic heterocycles. The molecule has 1 fully saturated rings. The van der Waals surface area contributed by atoms with Gasteiger partial charge < -0.3 is 56.8 Å². The van der Waals surface area contributed by atoms with Gasteiger partial charge in [0.05, 0.1) is 31.3 Å². The highest BCUT2D eigenvalue weighted by Crippen LogP contribution is 2.27. The number of nitrogens with one attached hydrogen (secondary N) is 2. The van der Waals surface area contributed by atoms with Crippen molar-refractivity contribution in [3.63, 3.8) is 0 Å². The maximum Gasteiger partial charge on any atom is 0.320 e. The van der Waals surface area contributed by atoms with Crippen molar-refractivity contribution in [2.45, 2.75) is 50.9 Å². The second-order valence-electron chi connectivity index (χ2n) is 10.6. The molecule has 1 aliphatic heterocycles. The van der Waals surface area contributed by atoms with Crippen LogP contribution in [0.1, 0.15) is 47.4 Å². The fourth-order valence-corrected chi connectivity index (χ4v) is 4.71. The van der Waals surface area contributed by atoms with E-state index in [9.17, 15) is 14.7 Å². The first-order valence-electron chi connectivity index (χ1n) is 15.2. The molecule has 1 saturated heterocycles. The van der Waals surface area contributed by atoms with Crippen LogP contribution in [0, 0.1) is 0 Å². The van der Waals surface area contributed by atoms with E-state index in [0.29, 0.717) is 59.9 Å². The molecule has 3 heterocycles. The Morgan fingerprint density at radius 3 is 2.47 bits per heavy atom. The van der Waals surface area contributed by atoms with Gasteiger partial charge in [0.15, 0.2) is 5.96 Å². The molecule has 1 amide bonds. The third-order valence-corrected chi connectivity index (χ3v) is 7.15. The van der Waals surface area contributed by atoms with Gasteiger partial charge in [-0.1, -0.05) is 17.7 Å². The molecule has 0 aliphatic carbocycles. The predicted octanol–water partition coefficient (Wildman–Crippen LogP) is -0.454. The predicted molar refractivity (Wildman–Crippen MR) is 184 cm³/mol. The molecule has 3 aromatic rings. The molecule has 1 aromatic carbocycles. The molecular weight excluding hydrogens is 714 g/mol. The highest BCUT2D eigenvalue weighted by Gasteiger charge is 2.27. The molecule has 0 spiro atoms. The number of aromatic nitrogens is 4. The van der Waals surface area contributed by atoms with Crippen molar-refractivity contribution in [2.24, 2.45) is 22.2 Å². The number of hydrogen-bond acceptors (Lipinski definition) is 16. The van der Waals surface area contributed by atoms with Crippen molar-refractivity contribution < 1.29 is 42.1 Å². The number of halogens is 1. The number of nitrogens with zero attached hydrogens (tertiary/aromatic N) is 6. The molecule has 22 heteroatoms. The van der Waals surface area contributed by atoms with E-state index in [1.54, 1.807) is 37.7 Å². The number of hydrogen-bond donors (Lipinski definition) is 7. The Morgan fingerprint density at radius 2 is 1.88 bits per heavy atom. The van der Waals surface area contributed by atoms with Crippen LogP contribution in [-0.2, 0) is 28.3 Å². The van der Waals surface area contributed by atoms with Gasteiger partial charge in [0.1, 0.15) is 29.0 Å². The quantitative estimate of drug-likeness (QED) is 0.0360. The number of carboxylic acids is 1. The first-order chi connectivity index (χ1) is 24.1. The number of carbonyl (C=O) groups excluding carboxylic acids is 1. The molecule has 10 N–H and O–H groups in total. The number of benzene rings is 1. The van der Waals surface area contributed by atoms with Gasteiger partial charge in [-0.2, -0.15) is 4.98 Å². The van der Waals surface area contributed by atoms with Crippen LogP contribution in [0.25, 0.3) is 0 Å². The number of aliphatic carboxylic acids is 1. The highest BCUT2D eigenvalue weighted by molar-refractivity contribution is 7.79. The van der Waals surface area contributed by atoms with E-state index in [2.05, 4.69) is 35.6 Å². The molecule has 0 bridgehead atoms. The Balaban J connectivity index is 0.000000441. The first kappa shape index (κ1) is 42.2. The van der Waals surface area contributed by atoms with Crippen molar-refractivity contribution in [2.75, 3.05) is 37.0 Å². The third-order valence-electron chi connectivity index (χ3n) is 6.85. The van der Waals surface area contributed by atoms with Gasteiger partial charge in [0.25, 0.3) is 5.91 Å². The van der Waals surface area contributed by atoms with Gasteiger partial charge in [-0.25, -0.2) is 15.0 Å². The van der Waals surface area contributed by atoms with Crippen LogP contribution in [0.2, 0.25) is 5.02 Å². The Hall–Kier alpha value is -4.93. The number of rotatable bonds is 14. The maximum absolute atomic E-state index is 13.0. The van der Waals surface area contributed by atoms with E-state index >= 15 is 0 Å². The number of aliphatic imine (C=N–C) groups is 1. The SMILES string of the molecule is COc1ccc(CNc2nc(N3CCCC3CO)ncc2C(=O)NCc2ncccn2)cc1Cl.NC(N)=NCCC[C@H](N)C(=O)O.O=S(=O)([O-])[O-]. The largest absolute Gasteiger partial charge is 0.759 e. The van der Waals surface area contributed by atoms with Crippen LogP contribution >= 0.6 is 11.6 Å². The first-order valence-corrected chi connectivity index (χ1v) is 16.9. The van der Waals surface area contributed by atoms with Crippen LogP contribution in [0.3, 0.4) is 0 Å². The van der Waals surface area contributed by atoms with Crippen molar-refractivity contribution in [3.05, 3.63) is 64.8 Å². The summed E-state index contributed by atoms with van der Waals surface area (Å²) in [5.41, 5.74) is 16.5. The number of aliphatic hydroxyl groups is 1. The third kappa shape index (κ3) is 16.1. The van der Waals surface area contributed by atoms with Crippen molar-refractivity contribution >= 4 is 51.6 Å². The summed E-state index contributed by atoms with van der Waals surface area (Å²) in [5, 5.41) is 24.6. The molecule has 4 rings (SSSR count). The minimum Gasteiger partial charge on any atom is -0.759 e. The zero-order valence-electron chi connectivity index (χ0n) is 27.5. The molecule has 20 nitrogen and oxygen atoms in total. The summed E-state index contributed by atoms with van der Waals surface area (Å²) in [6.45, 7) is 1.74. The number of anilines is 2. The minimum absolute atomic E-state index is 0.0129. The average molecular weight is 754 g/mol. The number of amides is 1. The summed E-state index contributed by atoms with van der Waals surface area (Å²) in [6, 6.07) is 6.32. The van der Waals surface area contributed by atoms with Crippen LogP contribution in [0.5, 0.6) is 5.75 Å². The highest BCUT2D eigenvalue weighted by atomic mass is 35.5. The lowest BCUT2D eigenvalue weighted by molar-refractivity contribution is -0.138. The van der Waals surface area contributed by atoms with Gasteiger partial charge >= 0.3 is 5.97 Å². The molecule has 2 atom stereocenters. The molecule has 1 unspecified atom stereocenters. The van der Waals surface area contributed by atoms with E-state index in [-0.39, 0.29) is 31.1 Å². The minimum atomic E-state index is -5.17. The second kappa shape index (κ2) is 21.3. The molecule has 1 aliphatic rings. The topological polar surface area (TPSA) is 333 Å². The number of carboxylic acid groups (broad SMARTS) is 1. The van der Waals surface area contributed by atoms with E-state index < -0.39 is 22.4 Å². The van der Waals surface area contributed by atoms with Crippen molar-refractivity contribution in [1.29, 1.82) is 0 Å². The normalized spacial score (nSPS) is 14.2. The Labute approximate surface area is 299 Å². The summed E-state index contributed by atoms with van der Waals surface area (Å²) in [6.07, 6.45) is 7.50. The van der Waals surface area contributed by atoms with Crippen molar-refractivity contribution in [1.82, 2.24) is 25.3 Å². The Kier molecular flexibility index (Phi) is 17.7. The summed E-state index contributed by atoms with van der Waals surface area (Å²) >= 11 is 6.25. The monoisotopic (exact) mass is 753 g/mol. The number of nitrogens with two attached hydrogens (primary N) is 3. The average Bonchev–Trinajstić information content (AvgIpc) is 3.57. The van der Waals surface area contributed by atoms with Crippen LogP contribution < -0.4 is 37.5 Å². The van der Waals surface area contributed by atoms with Crippen LogP contribution in [0.4, 0.5) is 11.8 Å². The Bertz CT molecular complexity index is 1690. The van der Waals surface area contributed by atoms with E-state index in [4.69, 9.17) is 56.2 Å². The fourth-order valence-electron chi connectivity index (χ4n) is 4.42. The lowest BCUT2D eigenvalue weighted by Crippen LogP contribution is -2.34.